The second kappa shape index (κ2) is 8.55. The molecule has 0 aliphatic carbocycles. The van der Waals surface area contributed by atoms with E-state index in [1.165, 1.54) is 0 Å². The van der Waals surface area contributed by atoms with Gasteiger partial charge in [-0.15, -0.1) is 0 Å². The van der Waals surface area contributed by atoms with Crippen LogP contribution in [0.5, 0.6) is 11.5 Å². The molecule has 3 aromatic rings. The van der Waals surface area contributed by atoms with Gasteiger partial charge in [0.05, 0.1) is 25.6 Å². The minimum Gasteiger partial charge on any atom is -0.493 e. The fraction of sp³-hybridized carbons (Fsp3) is 0.160. The van der Waals surface area contributed by atoms with Gasteiger partial charge in [0, 0.05) is 35.4 Å². The van der Waals surface area contributed by atoms with Gasteiger partial charge in [0.25, 0.3) is 0 Å². The molecule has 0 aromatic heterocycles. The van der Waals surface area contributed by atoms with Crippen LogP contribution in [-0.4, -0.2) is 45.3 Å². The number of nitrogens with zero attached hydrogens (tertiary/aromatic N) is 2. The number of fused-ring (bicyclic) bond motifs is 1. The third-order valence-electron chi connectivity index (χ3n) is 5.48. The molecule has 0 atom stereocenters. The number of carbonyl (C=O) groups is 2. The second-order valence-electron chi connectivity index (χ2n) is 7.31. The Bertz CT molecular complexity index is 1240. The molecule has 0 unspecified atom stereocenters. The van der Waals surface area contributed by atoms with Crippen molar-refractivity contribution in [2.24, 2.45) is 10.7 Å². The topological polar surface area (TPSA) is 94.2 Å². The molecular weight excluding hydrogens is 406 g/mol. The number of rotatable bonds is 5. The van der Waals surface area contributed by atoms with Crippen molar-refractivity contribution in [3.8, 4) is 22.6 Å². The molecule has 0 saturated carbocycles. The highest BCUT2D eigenvalue weighted by Gasteiger charge is 2.30. The van der Waals surface area contributed by atoms with Crippen molar-refractivity contribution in [2.45, 2.75) is 0 Å². The molecule has 162 valence electrons. The summed E-state index contributed by atoms with van der Waals surface area (Å²) in [5, 5.41) is 0. The van der Waals surface area contributed by atoms with Gasteiger partial charge < -0.3 is 20.1 Å². The maximum atomic E-state index is 12.8. The normalized spacial score (nSPS) is 13.2. The zero-order valence-corrected chi connectivity index (χ0v) is 18.1. The van der Waals surface area contributed by atoms with Crippen LogP contribution in [0.1, 0.15) is 21.5 Å². The molecule has 32 heavy (non-hydrogen) atoms. The highest BCUT2D eigenvalue weighted by atomic mass is 16.5. The molecule has 4 rings (SSSR count). The number of amides is 2. The smallest absolute Gasteiger partial charge is 0.248 e. The van der Waals surface area contributed by atoms with E-state index >= 15 is 0 Å². The van der Waals surface area contributed by atoms with E-state index in [-0.39, 0.29) is 12.5 Å². The average Bonchev–Trinajstić information content (AvgIpc) is 2.94. The lowest BCUT2D eigenvalue weighted by molar-refractivity contribution is -0.116. The Morgan fingerprint density at radius 1 is 0.969 bits per heavy atom. The van der Waals surface area contributed by atoms with E-state index in [2.05, 4.69) is 4.99 Å². The summed E-state index contributed by atoms with van der Waals surface area (Å²) in [6.07, 6.45) is 0. The number of primary amides is 1. The number of likely N-dealkylation sites (N-methyl/N-ethyl adjacent to an activating group) is 1. The summed E-state index contributed by atoms with van der Waals surface area (Å²) in [5.41, 5.74) is 10.1. The fourth-order valence-corrected chi connectivity index (χ4v) is 3.89. The Morgan fingerprint density at radius 3 is 2.34 bits per heavy atom. The van der Waals surface area contributed by atoms with Crippen LogP contribution in [0.4, 0.5) is 5.69 Å². The van der Waals surface area contributed by atoms with Crippen LogP contribution < -0.4 is 20.1 Å². The number of nitrogens with two attached hydrogens (primary N) is 1. The first-order valence-electron chi connectivity index (χ1n) is 10.0. The summed E-state index contributed by atoms with van der Waals surface area (Å²) >= 11 is 0. The summed E-state index contributed by atoms with van der Waals surface area (Å²) in [5.74, 6) is 0.319. The third kappa shape index (κ3) is 3.58. The SMILES string of the molecule is COc1cc2c(c(-c3ccccc3)c1OC)C(c1cccc(C(N)=O)c1)=NCC(=O)N2C. The van der Waals surface area contributed by atoms with E-state index in [0.717, 1.165) is 11.1 Å². The van der Waals surface area contributed by atoms with Gasteiger partial charge in [-0.2, -0.15) is 0 Å². The van der Waals surface area contributed by atoms with Gasteiger partial charge in [-0.25, -0.2) is 0 Å². The minimum absolute atomic E-state index is 0.0415. The van der Waals surface area contributed by atoms with Crippen molar-refractivity contribution in [3.63, 3.8) is 0 Å². The largest absolute Gasteiger partial charge is 0.493 e. The van der Waals surface area contributed by atoms with Gasteiger partial charge in [0.15, 0.2) is 11.5 Å². The zero-order valence-electron chi connectivity index (χ0n) is 18.1. The summed E-state index contributed by atoms with van der Waals surface area (Å²) < 4.78 is 11.4. The van der Waals surface area contributed by atoms with Gasteiger partial charge >= 0.3 is 0 Å². The number of aliphatic imine (C=N–C) groups is 1. The molecule has 1 heterocycles. The number of benzene rings is 3. The predicted octanol–water partition coefficient (Wildman–Crippen LogP) is 3.28. The Morgan fingerprint density at radius 2 is 1.69 bits per heavy atom. The van der Waals surface area contributed by atoms with E-state index in [4.69, 9.17) is 15.2 Å². The highest BCUT2D eigenvalue weighted by molar-refractivity contribution is 6.24. The summed E-state index contributed by atoms with van der Waals surface area (Å²) in [6, 6.07) is 18.4. The Hall–Kier alpha value is -4.13. The standard InChI is InChI=1S/C25H23N3O4/c1-28-18-13-19(31-2)24(32-3)21(15-8-5-4-6-9-15)22(18)23(27-14-20(28)29)16-10-7-11-17(12-16)25(26)30/h4-13H,14H2,1-3H3,(H2,26,30). The molecule has 0 spiro atoms. The Kier molecular flexibility index (Phi) is 5.64. The molecule has 0 fully saturated rings. The van der Waals surface area contributed by atoms with Crippen molar-refractivity contribution in [2.75, 3.05) is 32.7 Å². The first-order valence-corrected chi connectivity index (χ1v) is 10.0. The monoisotopic (exact) mass is 429 g/mol. The number of hydrogen-bond donors (Lipinski definition) is 1. The van der Waals surface area contributed by atoms with Crippen molar-refractivity contribution in [1.29, 1.82) is 0 Å². The van der Waals surface area contributed by atoms with Crippen LogP contribution in [0.2, 0.25) is 0 Å². The number of anilines is 1. The Balaban J connectivity index is 2.12. The molecule has 7 heteroatoms. The van der Waals surface area contributed by atoms with Crippen LogP contribution in [0, 0.1) is 0 Å². The van der Waals surface area contributed by atoms with E-state index < -0.39 is 5.91 Å². The van der Waals surface area contributed by atoms with Crippen molar-refractivity contribution in [1.82, 2.24) is 0 Å². The lowest BCUT2D eigenvalue weighted by Gasteiger charge is -2.24. The summed E-state index contributed by atoms with van der Waals surface area (Å²) in [7, 11) is 4.84. The first-order chi connectivity index (χ1) is 15.5. The van der Waals surface area contributed by atoms with Crippen LogP contribution >= 0.6 is 0 Å². The maximum absolute atomic E-state index is 12.8. The van der Waals surface area contributed by atoms with E-state index in [9.17, 15) is 9.59 Å². The summed E-state index contributed by atoms with van der Waals surface area (Å²) in [4.78, 5) is 30.8. The Labute approximate surface area is 186 Å². The maximum Gasteiger partial charge on any atom is 0.248 e. The van der Waals surface area contributed by atoms with Crippen LogP contribution in [0.3, 0.4) is 0 Å². The van der Waals surface area contributed by atoms with Gasteiger partial charge in [-0.3, -0.25) is 14.6 Å². The first kappa shape index (κ1) is 21.1. The minimum atomic E-state index is -0.537. The number of hydrogen-bond acceptors (Lipinski definition) is 5. The molecular formula is C25H23N3O4. The van der Waals surface area contributed by atoms with Crippen LogP contribution in [0.15, 0.2) is 65.7 Å². The second-order valence-corrected chi connectivity index (χ2v) is 7.31. The van der Waals surface area contributed by atoms with Gasteiger partial charge in [-0.05, 0) is 17.7 Å². The van der Waals surface area contributed by atoms with Crippen molar-refractivity contribution in [3.05, 3.63) is 77.4 Å². The average molecular weight is 429 g/mol. The number of carbonyl (C=O) groups excluding carboxylic acids is 2. The van der Waals surface area contributed by atoms with E-state index in [1.807, 2.05) is 36.4 Å². The number of ether oxygens (including phenoxy) is 2. The third-order valence-corrected chi connectivity index (χ3v) is 5.48. The van der Waals surface area contributed by atoms with Gasteiger partial charge in [-0.1, -0.05) is 42.5 Å². The molecule has 1 aliphatic rings. The van der Waals surface area contributed by atoms with E-state index in [0.29, 0.717) is 39.6 Å². The van der Waals surface area contributed by atoms with Crippen LogP contribution in [0.25, 0.3) is 11.1 Å². The molecule has 7 nitrogen and oxygen atoms in total. The summed E-state index contributed by atoms with van der Waals surface area (Å²) in [6.45, 7) is -0.0415. The van der Waals surface area contributed by atoms with Gasteiger partial charge in [0.1, 0.15) is 6.54 Å². The lowest BCUT2D eigenvalue weighted by atomic mass is 9.89. The van der Waals surface area contributed by atoms with Crippen LogP contribution in [-0.2, 0) is 4.79 Å². The molecule has 2 amide bonds. The van der Waals surface area contributed by atoms with E-state index in [1.54, 1.807) is 50.4 Å². The number of benzodiazepines with no additional fused rings is 1. The lowest BCUT2D eigenvalue weighted by Crippen LogP contribution is -2.28. The quantitative estimate of drug-likeness (QED) is 0.673. The zero-order chi connectivity index (χ0) is 22.8. The molecule has 0 saturated heterocycles. The van der Waals surface area contributed by atoms with Crippen molar-refractivity contribution >= 4 is 23.2 Å². The predicted molar refractivity (Wildman–Crippen MR) is 124 cm³/mol. The molecule has 0 bridgehead atoms. The van der Waals surface area contributed by atoms with Crippen molar-refractivity contribution < 1.29 is 19.1 Å². The van der Waals surface area contributed by atoms with Gasteiger partial charge in [0.2, 0.25) is 11.8 Å². The highest BCUT2D eigenvalue weighted by Crippen LogP contribution is 2.47. The molecule has 1 aliphatic heterocycles. The molecule has 2 N–H and O–H groups in total. The fourth-order valence-electron chi connectivity index (χ4n) is 3.89. The molecule has 3 aromatic carbocycles. The molecule has 0 radical (unpaired) electrons. The number of methoxy groups -OCH3 is 2.